The molecule has 155 valence electrons. The SMILES string of the molecule is C[Si](C)OCC1CCN(c2ccnnc2C2CN(C(=O)OC(C)(C)C)C2)CC1. The van der Waals surface area contributed by atoms with Crippen molar-refractivity contribution in [2.75, 3.05) is 37.7 Å². The standard InChI is InChI=1S/C20H33N4O3Si/c1-20(2,3)27-19(25)24-12-16(13-24)18-17(6-9-21-22-18)23-10-7-15(8-11-23)14-26-28(4)5/h6,9,15-16H,7-8,10-14H2,1-5H3. The highest BCUT2D eigenvalue weighted by atomic mass is 28.3. The Morgan fingerprint density at radius 1 is 1.25 bits per heavy atom. The molecule has 7 nitrogen and oxygen atoms in total. The number of carbonyl (C=O) groups excluding carboxylic acids is 1. The van der Waals surface area contributed by atoms with Gasteiger partial charge < -0.3 is 19.0 Å². The zero-order valence-electron chi connectivity index (χ0n) is 17.8. The highest BCUT2D eigenvalue weighted by molar-refractivity contribution is 6.48. The summed E-state index contributed by atoms with van der Waals surface area (Å²) in [6.07, 6.45) is 3.81. The Morgan fingerprint density at radius 3 is 2.54 bits per heavy atom. The van der Waals surface area contributed by atoms with Gasteiger partial charge >= 0.3 is 6.09 Å². The van der Waals surface area contributed by atoms with Gasteiger partial charge in [0.25, 0.3) is 0 Å². The number of aromatic nitrogens is 2. The van der Waals surface area contributed by atoms with Crippen LogP contribution in [0.5, 0.6) is 0 Å². The van der Waals surface area contributed by atoms with E-state index in [0.29, 0.717) is 19.0 Å². The van der Waals surface area contributed by atoms with Crippen LogP contribution in [0.1, 0.15) is 45.2 Å². The average Bonchev–Trinajstić information content (AvgIpc) is 2.58. The molecule has 1 aromatic rings. The highest BCUT2D eigenvalue weighted by Gasteiger charge is 2.37. The van der Waals surface area contributed by atoms with E-state index in [4.69, 9.17) is 9.16 Å². The maximum Gasteiger partial charge on any atom is 0.410 e. The number of anilines is 1. The van der Waals surface area contributed by atoms with Crippen LogP contribution in [0.25, 0.3) is 0 Å². The van der Waals surface area contributed by atoms with Crippen LogP contribution < -0.4 is 4.90 Å². The number of rotatable bonds is 5. The molecule has 8 heteroatoms. The number of likely N-dealkylation sites (tertiary alicyclic amines) is 1. The van der Waals surface area contributed by atoms with Crippen molar-refractivity contribution < 1.29 is 14.0 Å². The Kier molecular flexibility index (Phi) is 6.60. The van der Waals surface area contributed by atoms with E-state index in [1.165, 1.54) is 5.69 Å². The van der Waals surface area contributed by atoms with Gasteiger partial charge in [-0.1, -0.05) is 0 Å². The monoisotopic (exact) mass is 405 g/mol. The van der Waals surface area contributed by atoms with E-state index in [2.05, 4.69) is 34.3 Å². The maximum atomic E-state index is 12.2. The van der Waals surface area contributed by atoms with Crippen molar-refractivity contribution in [3.63, 3.8) is 0 Å². The van der Waals surface area contributed by atoms with Crippen molar-refractivity contribution >= 4 is 20.8 Å². The zero-order valence-corrected chi connectivity index (χ0v) is 18.8. The van der Waals surface area contributed by atoms with Crippen LogP contribution in [-0.4, -0.2) is 68.6 Å². The van der Waals surface area contributed by atoms with Crippen molar-refractivity contribution in [1.29, 1.82) is 0 Å². The average molecular weight is 406 g/mol. The minimum Gasteiger partial charge on any atom is -0.444 e. The van der Waals surface area contributed by atoms with Gasteiger partial charge in [-0.05, 0) is 58.7 Å². The molecule has 0 aromatic carbocycles. The Hall–Kier alpha value is -1.67. The van der Waals surface area contributed by atoms with Crippen LogP contribution in [0.2, 0.25) is 13.1 Å². The summed E-state index contributed by atoms with van der Waals surface area (Å²) in [6, 6.07) is 2.06. The second-order valence-corrected chi connectivity index (χ2v) is 11.1. The van der Waals surface area contributed by atoms with Gasteiger partial charge in [0.05, 0.1) is 17.6 Å². The van der Waals surface area contributed by atoms with Gasteiger partial charge in [0.15, 0.2) is 0 Å². The molecule has 2 aliphatic heterocycles. The van der Waals surface area contributed by atoms with Crippen molar-refractivity contribution in [2.24, 2.45) is 5.92 Å². The molecule has 0 bridgehead atoms. The lowest BCUT2D eigenvalue weighted by atomic mass is 9.93. The molecule has 2 saturated heterocycles. The zero-order chi connectivity index (χ0) is 20.3. The van der Waals surface area contributed by atoms with E-state index >= 15 is 0 Å². The number of carbonyl (C=O) groups is 1. The van der Waals surface area contributed by atoms with E-state index in [-0.39, 0.29) is 12.0 Å². The lowest BCUT2D eigenvalue weighted by Crippen LogP contribution is -2.51. The van der Waals surface area contributed by atoms with Gasteiger partial charge in [-0.15, -0.1) is 0 Å². The molecule has 2 aliphatic rings. The first kappa shape index (κ1) is 21.0. The summed E-state index contributed by atoms with van der Waals surface area (Å²) < 4.78 is 11.3. The lowest BCUT2D eigenvalue weighted by Gasteiger charge is -2.41. The molecule has 0 unspecified atom stereocenters. The summed E-state index contributed by atoms with van der Waals surface area (Å²) in [5.74, 6) is 0.878. The minimum atomic E-state index is -0.610. The van der Waals surface area contributed by atoms with Crippen LogP contribution in [0, 0.1) is 5.92 Å². The number of hydrogen-bond acceptors (Lipinski definition) is 6. The third-order valence-corrected chi connectivity index (χ3v) is 5.95. The number of ether oxygens (including phenoxy) is 1. The second kappa shape index (κ2) is 8.78. The first-order valence-electron chi connectivity index (χ1n) is 10.2. The molecule has 0 saturated carbocycles. The minimum absolute atomic E-state index is 0.225. The van der Waals surface area contributed by atoms with Crippen molar-refractivity contribution in [3.05, 3.63) is 18.0 Å². The summed E-state index contributed by atoms with van der Waals surface area (Å²) in [5, 5.41) is 8.54. The Morgan fingerprint density at radius 2 is 1.93 bits per heavy atom. The molecular weight excluding hydrogens is 372 g/mol. The van der Waals surface area contributed by atoms with E-state index in [1.807, 2.05) is 20.8 Å². The fourth-order valence-electron chi connectivity index (χ4n) is 3.65. The first-order valence-corrected chi connectivity index (χ1v) is 12.6. The fourth-order valence-corrected chi connectivity index (χ4v) is 4.22. The largest absolute Gasteiger partial charge is 0.444 e. The van der Waals surface area contributed by atoms with Crippen LogP contribution in [0.3, 0.4) is 0 Å². The summed E-state index contributed by atoms with van der Waals surface area (Å²) in [6.45, 7) is 14.3. The van der Waals surface area contributed by atoms with Crippen LogP contribution >= 0.6 is 0 Å². The summed E-state index contributed by atoms with van der Waals surface area (Å²) in [4.78, 5) is 16.4. The topological polar surface area (TPSA) is 67.8 Å². The summed E-state index contributed by atoms with van der Waals surface area (Å²) >= 11 is 0. The van der Waals surface area contributed by atoms with Crippen LogP contribution in [0.4, 0.5) is 10.5 Å². The molecule has 1 amide bonds. The van der Waals surface area contributed by atoms with Crippen molar-refractivity contribution in [2.45, 2.75) is 58.2 Å². The van der Waals surface area contributed by atoms with E-state index in [9.17, 15) is 4.79 Å². The van der Waals surface area contributed by atoms with E-state index in [1.54, 1.807) is 11.1 Å². The second-order valence-electron chi connectivity index (χ2n) is 9.03. The summed E-state index contributed by atoms with van der Waals surface area (Å²) in [7, 11) is -0.610. The molecule has 28 heavy (non-hydrogen) atoms. The molecular formula is C20H33N4O3Si. The predicted octanol–water partition coefficient (Wildman–Crippen LogP) is 3.30. The number of nitrogens with zero attached hydrogens (tertiary/aromatic N) is 4. The smallest absolute Gasteiger partial charge is 0.410 e. The van der Waals surface area contributed by atoms with Gasteiger partial charge in [0.2, 0.25) is 9.04 Å². The van der Waals surface area contributed by atoms with Gasteiger partial charge in [-0.2, -0.15) is 10.2 Å². The quantitative estimate of drug-likeness (QED) is 0.700. The molecule has 1 aromatic heterocycles. The maximum absolute atomic E-state index is 12.2. The lowest BCUT2D eigenvalue weighted by molar-refractivity contribution is 0.00783. The van der Waals surface area contributed by atoms with E-state index in [0.717, 1.165) is 38.2 Å². The number of amides is 1. The molecule has 2 fully saturated rings. The van der Waals surface area contributed by atoms with Crippen LogP contribution in [-0.2, 0) is 9.16 Å². The van der Waals surface area contributed by atoms with Gasteiger partial charge in [0.1, 0.15) is 5.60 Å². The highest BCUT2D eigenvalue weighted by Crippen LogP contribution is 2.34. The van der Waals surface area contributed by atoms with Crippen LogP contribution in [0.15, 0.2) is 12.3 Å². The molecule has 0 spiro atoms. The number of piperidine rings is 1. The molecule has 0 aliphatic carbocycles. The third-order valence-electron chi connectivity index (χ3n) is 5.21. The molecule has 3 rings (SSSR count). The Balaban J connectivity index is 1.56. The fraction of sp³-hybridized carbons (Fsp3) is 0.750. The first-order chi connectivity index (χ1) is 13.2. The van der Waals surface area contributed by atoms with Gasteiger partial charge in [-0.3, -0.25) is 0 Å². The molecule has 0 atom stereocenters. The summed E-state index contributed by atoms with van der Waals surface area (Å²) in [5.41, 5.74) is 1.70. The predicted molar refractivity (Wildman–Crippen MR) is 111 cm³/mol. The Bertz CT molecular complexity index is 666. The molecule has 3 heterocycles. The van der Waals surface area contributed by atoms with Gasteiger partial charge in [-0.25, -0.2) is 4.79 Å². The normalized spacial score (nSPS) is 19.1. The molecule has 0 N–H and O–H groups in total. The van der Waals surface area contributed by atoms with Gasteiger partial charge in [0, 0.05) is 38.7 Å². The van der Waals surface area contributed by atoms with Crippen molar-refractivity contribution in [1.82, 2.24) is 15.1 Å². The van der Waals surface area contributed by atoms with E-state index < -0.39 is 14.6 Å². The Labute approximate surface area is 170 Å². The third kappa shape index (κ3) is 5.44. The molecule has 1 radical (unpaired) electrons. The van der Waals surface area contributed by atoms with Crippen molar-refractivity contribution in [3.8, 4) is 0 Å². The number of hydrogen-bond donors (Lipinski definition) is 0.